The smallest absolute Gasteiger partial charge is 0.407 e. The molecule has 4 bridgehead atoms. The van der Waals surface area contributed by atoms with E-state index in [1.54, 1.807) is 25.2 Å². The van der Waals surface area contributed by atoms with Crippen molar-refractivity contribution in [3.63, 3.8) is 0 Å². The van der Waals surface area contributed by atoms with Gasteiger partial charge >= 0.3 is 16.3 Å². The van der Waals surface area contributed by atoms with E-state index in [1.807, 2.05) is 13.0 Å². The Bertz CT molecular complexity index is 1810. The molecule has 1 fully saturated rings. The first-order valence-corrected chi connectivity index (χ1v) is 18.7. The van der Waals surface area contributed by atoms with Gasteiger partial charge in [-0.15, -0.1) is 0 Å². The maximum atomic E-state index is 14.8. The molecule has 266 valence electrons. The van der Waals surface area contributed by atoms with Crippen molar-refractivity contribution in [2.24, 2.45) is 0 Å². The highest BCUT2D eigenvalue weighted by molar-refractivity contribution is 7.87. The van der Waals surface area contributed by atoms with E-state index in [1.165, 1.54) is 30.5 Å². The molecule has 2 aliphatic heterocycles. The Morgan fingerprint density at radius 3 is 2.57 bits per heavy atom. The Morgan fingerprint density at radius 2 is 1.84 bits per heavy atom. The van der Waals surface area contributed by atoms with Crippen LogP contribution >= 0.6 is 0 Å². The van der Waals surface area contributed by atoms with Crippen molar-refractivity contribution in [2.45, 2.75) is 57.5 Å². The molecule has 14 heteroatoms. The maximum absolute atomic E-state index is 14.8. The highest BCUT2D eigenvalue weighted by Gasteiger charge is 2.33. The molecule has 6 rings (SSSR count). The van der Waals surface area contributed by atoms with Crippen molar-refractivity contribution < 1.29 is 32.2 Å². The lowest BCUT2D eigenvalue weighted by atomic mass is 9.81. The third-order valence-corrected chi connectivity index (χ3v) is 11.9. The van der Waals surface area contributed by atoms with Crippen LogP contribution in [0.3, 0.4) is 0 Å². The zero-order valence-electron chi connectivity index (χ0n) is 28.5. The molecule has 1 saturated carbocycles. The predicted octanol–water partition coefficient (Wildman–Crippen LogP) is 4.41. The van der Waals surface area contributed by atoms with Gasteiger partial charge in [0.2, 0.25) is 0 Å². The van der Waals surface area contributed by atoms with Crippen LogP contribution in [0.1, 0.15) is 60.9 Å². The van der Waals surface area contributed by atoms with E-state index in [0.717, 1.165) is 57.7 Å². The number of nitrogens with zero attached hydrogens (tertiary/aromatic N) is 5. The summed E-state index contributed by atoms with van der Waals surface area (Å²) in [7, 11) is -1.12. The van der Waals surface area contributed by atoms with Gasteiger partial charge in [-0.25, -0.2) is 13.9 Å². The average molecular weight is 699 g/mol. The van der Waals surface area contributed by atoms with Crippen LogP contribution in [0.15, 0.2) is 36.4 Å². The van der Waals surface area contributed by atoms with Crippen molar-refractivity contribution in [3.05, 3.63) is 53.3 Å². The Morgan fingerprint density at radius 1 is 1.08 bits per heavy atom. The molecule has 3 aromatic rings. The second kappa shape index (κ2) is 14.6. The predicted molar refractivity (Wildman–Crippen MR) is 186 cm³/mol. The Labute approximate surface area is 287 Å². The van der Waals surface area contributed by atoms with E-state index < -0.39 is 28.0 Å². The first kappa shape index (κ1) is 35.1. The van der Waals surface area contributed by atoms with Gasteiger partial charge in [-0.05, 0) is 55.1 Å². The number of fused-ring (bicyclic) bond motifs is 4. The lowest BCUT2D eigenvalue weighted by Gasteiger charge is -2.36. The standard InChI is InChI=1S/C35H47FN6O6S/c1-4-40-16-15-39(3)49(46,47)37-34(43)25-10-12-28-30(20-25)42-22-27(41(19-17-40)18-14-38(2)35(44)45)23-48-31-21-26(36)11-13-29(31)33(42)32(28)24-8-6-5-7-9-24/h10-13,20-21,24,27H,4-9,14-19,22-23H2,1-3H3,(H,37,43)(H,44,45)/t27-/m1/s1. The molecule has 12 nitrogen and oxygen atoms in total. The van der Waals surface area contributed by atoms with Crippen molar-refractivity contribution >= 4 is 33.1 Å². The number of nitrogens with one attached hydrogen (secondary N) is 1. The summed E-state index contributed by atoms with van der Waals surface area (Å²) in [6.45, 7) is 5.81. The molecular formula is C35H47FN6O6S. The summed E-state index contributed by atoms with van der Waals surface area (Å²) in [6, 6.07) is 9.78. The monoisotopic (exact) mass is 698 g/mol. The molecule has 1 aliphatic carbocycles. The number of benzene rings is 2. The van der Waals surface area contributed by atoms with Gasteiger partial charge < -0.3 is 24.2 Å². The minimum Gasteiger partial charge on any atom is -0.491 e. The summed E-state index contributed by atoms with van der Waals surface area (Å²) < 4.78 is 53.5. The summed E-state index contributed by atoms with van der Waals surface area (Å²) in [5, 5.41) is 10.6. The van der Waals surface area contributed by atoms with E-state index in [-0.39, 0.29) is 37.2 Å². The SMILES string of the molecule is CCN1CCN(CCN(C)C(=O)O)[C@H]2COc3cc(F)ccc3-c3c(C4CCCCC4)c4ccc(cc4n3C2)C(=O)NS(=O)(=O)N(C)CC1. The van der Waals surface area contributed by atoms with Crippen molar-refractivity contribution in [1.82, 2.24) is 28.3 Å². The number of rotatable bonds is 5. The normalized spacial score (nSPS) is 21.6. The quantitative estimate of drug-likeness (QED) is 0.402. The number of likely N-dealkylation sites (N-methyl/N-ethyl adjacent to an activating group) is 3. The second-order valence-electron chi connectivity index (χ2n) is 13.5. The van der Waals surface area contributed by atoms with Gasteiger partial charge in [0.1, 0.15) is 18.2 Å². The van der Waals surface area contributed by atoms with Crippen molar-refractivity contribution in [3.8, 4) is 17.0 Å². The Hall–Kier alpha value is -3.72. The fourth-order valence-corrected chi connectivity index (χ4v) is 8.32. The van der Waals surface area contributed by atoms with E-state index in [9.17, 15) is 27.5 Å². The van der Waals surface area contributed by atoms with Crippen LogP contribution in [-0.2, 0) is 16.8 Å². The number of aromatic nitrogens is 1. The van der Waals surface area contributed by atoms with Crippen LogP contribution in [0, 0.1) is 5.82 Å². The summed E-state index contributed by atoms with van der Waals surface area (Å²) >= 11 is 0. The number of ether oxygens (including phenoxy) is 1. The molecule has 3 aliphatic rings. The molecule has 1 atom stereocenters. The molecule has 2 N–H and O–H groups in total. The number of carbonyl (C=O) groups excluding carboxylic acids is 1. The third kappa shape index (κ3) is 7.42. The highest BCUT2D eigenvalue weighted by Crippen LogP contribution is 2.47. The number of halogens is 1. The van der Waals surface area contributed by atoms with Gasteiger partial charge in [-0.3, -0.25) is 9.69 Å². The minimum atomic E-state index is -4.11. The topological polar surface area (TPSA) is 128 Å². The van der Waals surface area contributed by atoms with Crippen LogP contribution in [0.4, 0.5) is 9.18 Å². The van der Waals surface area contributed by atoms with E-state index in [2.05, 4.69) is 19.1 Å². The number of carboxylic acid groups (broad SMARTS) is 1. The molecule has 1 aromatic heterocycles. The molecule has 0 radical (unpaired) electrons. The Balaban J connectivity index is 1.57. The number of hydrogen-bond donors (Lipinski definition) is 2. The van der Waals surface area contributed by atoms with E-state index >= 15 is 0 Å². The minimum absolute atomic E-state index is 0.170. The highest BCUT2D eigenvalue weighted by atomic mass is 32.2. The fourth-order valence-electron chi connectivity index (χ4n) is 7.49. The maximum Gasteiger partial charge on any atom is 0.407 e. The summed E-state index contributed by atoms with van der Waals surface area (Å²) in [4.78, 5) is 31.0. The van der Waals surface area contributed by atoms with Crippen LogP contribution < -0.4 is 9.46 Å². The third-order valence-electron chi connectivity index (χ3n) is 10.5. The second-order valence-corrected chi connectivity index (χ2v) is 15.3. The van der Waals surface area contributed by atoms with Crippen LogP contribution in [-0.4, -0.2) is 122 Å². The molecular weight excluding hydrogens is 651 g/mol. The molecule has 3 heterocycles. The van der Waals surface area contributed by atoms with Gasteiger partial charge in [0.15, 0.2) is 0 Å². The van der Waals surface area contributed by atoms with Gasteiger partial charge in [0, 0.05) is 88.0 Å². The van der Waals surface area contributed by atoms with Crippen LogP contribution in [0.2, 0.25) is 0 Å². The molecule has 49 heavy (non-hydrogen) atoms. The number of amides is 2. The van der Waals surface area contributed by atoms with Gasteiger partial charge in [-0.1, -0.05) is 32.3 Å². The van der Waals surface area contributed by atoms with Crippen LogP contribution in [0.25, 0.3) is 22.2 Å². The summed E-state index contributed by atoms with van der Waals surface area (Å²) in [5.41, 5.74) is 3.84. The largest absolute Gasteiger partial charge is 0.491 e. The zero-order chi connectivity index (χ0) is 34.9. The Kier molecular flexibility index (Phi) is 10.5. The van der Waals surface area contributed by atoms with Gasteiger partial charge in [0.25, 0.3) is 5.91 Å². The van der Waals surface area contributed by atoms with E-state index in [4.69, 9.17) is 4.74 Å². The lowest BCUT2D eigenvalue weighted by Crippen LogP contribution is -2.50. The molecule has 0 spiro atoms. The average Bonchev–Trinajstić information content (AvgIpc) is 3.38. The van der Waals surface area contributed by atoms with Crippen molar-refractivity contribution in [2.75, 3.05) is 66.5 Å². The summed E-state index contributed by atoms with van der Waals surface area (Å²) in [5.74, 6) is -0.444. The van der Waals surface area contributed by atoms with E-state index in [0.29, 0.717) is 45.0 Å². The summed E-state index contributed by atoms with van der Waals surface area (Å²) in [6.07, 6.45) is 4.33. The van der Waals surface area contributed by atoms with Gasteiger partial charge in [-0.2, -0.15) is 12.7 Å². The lowest BCUT2D eigenvalue weighted by molar-refractivity contribution is 0.0930. The molecule has 0 unspecified atom stereocenters. The first-order chi connectivity index (χ1) is 23.5. The zero-order valence-corrected chi connectivity index (χ0v) is 29.3. The molecule has 2 aromatic carbocycles. The van der Waals surface area contributed by atoms with Crippen molar-refractivity contribution in [1.29, 1.82) is 0 Å². The fraction of sp³-hybridized carbons (Fsp3) is 0.543. The first-order valence-electron chi connectivity index (χ1n) is 17.2. The molecule has 2 amide bonds. The number of hydrogen-bond acceptors (Lipinski definition) is 7. The molecule has 0 saturated heterocycles. The number of carbonyl (C=O) groups is 2. The van der Waals surface area contributed by atoms with Gasteiger partial charge in [0.05, 0.1) is 11.7 Å². The van der Waals surface area contributed by atoms with Crippen LogP contribution in [0.5, 0.6) is 5.75 Å².